The van der Waals surface area contributed by atoms with E-state index in [1.165, 1.54) is 6.07 Å². The Morgan fingerprint density at radius 3 is 2.73 bits per heavy atom. The summed E-state index contributed by atoms with van der Waals surface area (Å²) < 4.78 is 13.5. The second-order valence-electron chi connectivity index (χ2n) is 3.26. The average molecular weight is 203 g/mol. The van der Waals surface area contributed by atoms with Gasteiger partial charge in [-0.25, -0.2) is 14.4 Å². The molecule has 2 aromatic rings. The highest BCUT2D eigenvalue weighted by molar-refractivity contribution is 5.59. The second-order valence-corrected chi connectivity index (χ2v) is 3.26. The van der Waals surface area contributed by atoms with Crippen LogP contribution in [0.1, 0.15) is 5.69 Å². The van der Waals surface area contributed by atoms with Crippen LogP contribution in [-0.4, -0.2) is 9.97 Å². The summed E-state index contributed by atoms with van der Waals surface area (Å²) in [5.74, 6) is -0.0203. The van der Waals surface area contributed by atoms with E-state index in [0.717, 1.165) is 5.69 Å². The minimum absolute atomic E-state index is 0.368. The van der Waals surface area contributed by atoms with Gasteiger partial charge in [0.1, 0.15) is 5.82 Å². The first kappa shape index (κ1) is 9.58. The highest BCUT2D eigenvalue weighted by Crippen LogP contribution is 2.20. The maximum Gasteiger partial charge on any atom is 0.162 e. The topological polar surface area (TPSA) is 51.8 Å². The molecule has 0 spiro atoms. The zero-order chi connectivity index (χ0) is 10.8. The van der Waals surface area contributed by atoms with E-state index in [1.807, 2.05) is 6.92 Å². The number of halogens is 1. The molecule has 0 aliphatic heterocycles. The predicted molar refractivity (Wildman–Crippen MR) is 56.6 cm³/mol. The van der Waals surface area contributed by atoms with E-state index < -0.39 is 5.82 Å². The standard InChI is InChI=1S/C11H10FN3/c1-7-4-5-14-11(15-7)9-3-2-8(13)6-10(9)12/h2-6H,13H2,1H3. The monoisotopic (exact) mass is 203 g/mol. The van der Waals surface area contributed by atoms with E-state index in [-0.39, 0.29) is 0 Å². The van der Waals surface area contributed by atoms with Gasteiger partial charge in [0.25, 0.3) is 0 Å². The first-order valence-corrected chi connectivity index (χ1v) is 4.52. The Bertz CT molecular complexity index is 497. The first-order chi connectivity index (χ1) is 7.16. The van der Waals surface area contributed by atoms with Crippen molar-refractivity contribution in [1.82, 2.24) is 9.97 Å². The Kier molecular flexibility index (Phi) is 2.33. The van der Waals surface area contributed by atoms with Crippen molar-refractivity contribution >= 4 is 5.69 Å². The summed E-state index contributed by atoms with van der Waals surface area (Å²) in [5.41, 5.74) is 7.02. The van der Waals surface area contributed by atoms with Crippen LogP contribution in [0.4, 0.5) is 10.1 Å². The van der Waals surface area contributed by atoms with E-state index in [4.69, 9.17) is 5.73 Å². The molecule has 2 rings (SSSR count). The van der Waals surface area contributed by atoms with Crippen LogP contribution in [0.5, 0.6) is 0 Å². The van der Waals surface area contributed by atoms with E-state index in [1.54, 1.807) is 24.4 Å². The molecule has 2 N–H and O–H groups in total. The number of rotatable bonds is 1. The molecule has 0 atom stereocenters. The lowest BCUT2D eigenvalue weighted by Gasteiger charge is -2.03. The molecule has 76 valence electrons. The molecule has 4 heteroatoms. The van der Waals surface area contributed by atoms with Crippen molar-refractivity contribution in [3.8, 4) is 11.4 Å². The molecule has 0 saturated carbocycles. The van der Waals surface area contributed by atoms with Gasteiger partial charge in [-0.2, -0.15) is 0 Å². The zero-order valence-corrected chi connectivity index (χ0v) is 8.24. The fraction of sp³-hybridized carbons (Fsp3) is 0.0909. The molecule has 0 bridgehead atoms. The molecule has 0 saturated heterocycles. The minimum atomic E-state index is -0.402. The van der Waals surface area contributed by atoms with Crippen molar-refractivity contribution < 1.29 is 4.39 Å². The Balaban J connectivity index is 2.54. The van der Waals surface area contributed by atoms with Crippen LogP contribution in [0.2, 0.25) is 0 Å². The number of anilines is 1. The molecular weight excluding hydrogens is 193 g/mol. The Hall–Kier alpha value is -1.97. The highest BCUT2D eigenvalue weighted by atomic mass is 19.1. The summed E-state index contributed by atoms with van der Waals surface area (Å²) in [4.78, 5) is 8.15. The van der Waals surface area contributed by atoms with Gasteiger partial charge in [-0.05, 0) is 31.2 Å². The fourth-order valence-corrected chi connectivity index (χ4v) is 1.29. The van der Waals surface area contributed by atoms with Gasteiger partial charge in [-0.1, -0.05) is 0 Å². The van der Waals surface area contributed by atoms with E-state index in [2.05, 4.69) is 9.97 Å². The molecule has 3 nitrogen and oxygen atoms in total. The van der Waals surface area contributed by atoms with Crippen LogP contribution in [-0.2, 0) is 0 Å². The summed E-state index contributed by atoms with van der Waals surface area (Å²) in [7, 11) is 0. The molecule has 1 aromatic carbocycles. The van der Waals surface area contributed by atoms with E-state index in [0.29, 0.717) is 17.1 Å². The van der Waals surface area contributed by atoms with Crippen molar-refractivity contribution in [3.05, 3.63) is 42.0 Å². The van der Waals surface area contributed by atoms with Gasteiger partial charge in [0.2, 0.25) is 0 Å². The number of nitrogens with two attached hydrogens (primary N) is 1. The summed E-state index contributed by atoms with van der Waals surface area (Å²) in [5, 5.41) is 0. The molecule has 0 aliphatic rings. The zero-order valence-electron chi connectivity index (χ0n) is 8.24. The van der Waals surface area contributed by atoms with Crippen LogP contribution >= 0.6 is 0 Å². The predicted octanol–water partition coefficient (Wildman–Crippen LogP) is 2.17. The lowest BCUT2D eigenvalue weighted by molar-refractivity contribution is 0.630. The first-order valence-electron chi connectivity index (χ1n) is 4.52. The number of aromatic nitrogens is 2. The molecule has 0 amide bonds. The number of nitrogen functional groups attached to an aromatic ring is 1. The number of nitrogens with zero attached hydrogens (tertiary/aromatic N) is 2. The van der Waals surface area contributed by atoms with Crippen LogP contribution in [0.25, 0.3) is 11.4 Å². The van der Waals surface area contributed by atoms with Crippen molar-refractivity contribution in [1.29, 1.82) is 0 Å². The van der Waals surface area contributed by atoms with Gasteiger partial charge in [0.15, 0.2) is 5.82 Å². The fourth-order valence-electron chi connectivity index (χ4n) is 1.29. The Labute approximate surface area is 86.8 Å². The summed E-state index contributed by atoms with van der Waals surface area (Å²) >= 11 is 0. The van der Waals surface area contributed by atoms with Crippen molar-refractivity contribution in [3.63, 3.8) is 0 Å². The maximum absolute atomic E-state index is 13.5. The molecule has 15 heavy (non-hydrogen) atoms. The Morgan fingerprint density at radius 1 is 1.27 bits per heavy atom. The lowest BCUT2D eigenvalue weighted by atomic mass is 10.2. The summed E-state index contributed by atoms with van der Waals surface area (Å²) in [6.07, 6.45) is 1.60. The van der Waals surface area contributed by atoms with Gasteiger partial charge in [-0.15, -0.1) is 0 Å². The summed E-state index contributed by atoms with van der Waals surface area (Å²) in [6.45, 7) is 1.83. The van der Waals surface area contributed by atoms with Crippen LogP contribution in [0, 0.1) is 12.7 Å². The van der Waals surface area contributed by atoms with Gasteiger partial charge in [-0.3, -0.25) is 0 Å². The number of aryl methyl sites for hydroxylation is 1. The van der Waals surface area contributed by atoms with Crippen LogP contribution in [0.15, 0.2) is 30.5 Å². The molecular formula is C11H10FN3. The molecule has 0 aliphatic carbocycles. The van der Waals surface area contributed by atoms with Crippen molar-refractivity contribution in [2.45, 2.75) is 6.92 Å². The van der Waals surface area contributed by atoms with Crippen molar-refractivity contribution in [2.24, 2.45) is 0 Å². The minimum Gasteiger partial charge on any atom is -0.399 e. The number of hydrogen-bond acceptors (Lipinski definition) is 3. The van der Waals surface area contributed by atoms with Gasteiger partial charge in [0.05, 0.1) is 5.56 Å². The largest absolute Gasteiger partial charge is 0.399 e. The smallest absolute Gasteiger partial charge is 0.162 e. The third-order valence-corrected chi connectivity index (χ3v) is 2.03. The van der Waals surface area contributed by atoms with E-state index in [9.17, 15) is 4.39 Å². The molecule has 1 aromatic heterocycles. The third-order valence-electron chi connectivity index (χ3n) is 2.03. The molecule has 0 radical (unpaired) electrons. The Morgan fingerprint density at radius 2 is 2.07 bits per heavy atom. The quantitative estimate of drug-likeness (QED) is 0.722. The molecule has 0 unspecified atom stereocenters. The normalized spacial score (nSPS) is 10.3. The van der Waals surface area contributed by atoms with Gasteiger partial charge < -0.3 is 5.73 Å². The molecule has 1 heterocycles. The number of hydrogen-bond donors (Lipinski definition) is 1. The van der Waals surface area contributed by atoms with Crippen LogP contribution in [0.3, 0.4) is 0 Å². The van der Waals surface area contributed by atoms with Gasteiger partial charge >= 0.3 is 0 Å². The van der Waals surface area contributed by atoms with Crippen LogP contribution < -0.4 is 5.73 Å². The van der Waals surface area contributed by atoms with E-state index >= 15 is 0 Å². The molecule has 0 fully saturated rings. The second kappa shape index (κ2) is 3.65. The SMILES string of the molecule is Cc1ccnc(-c2ccc(N)cc2F)n1. The van der Waals surface area contributed by atoms with Gasteiger partial charge in [0, 0.05) is 17.6 Å². The number of benzene rings is 1. The average Bonchev–Trinajstić information content (AvgIpc) is 2.17. The highest BCUT2D eigenvalue weighted by Gasteiger charge is 2.07. The third kappa shape index (κ3) is 1.93. The lowest BCUT2D eigenvalue weighted by Crippen LogP contribution is -1.94. The summed E-state index contributed by atoms with van der Waals surface area (Å²) in [6, 6.07) is 6.24. The van der Waals surface area contributed by atoms with Crippen molar-refractivity contribution in [2.75, 3.05) is 5.73 Å². The maximum atomic E-state index is 13.5.